The highest BCUT2D eigenvalue weighted by Crippen LogP contribution is 2.42. The normalized spacial score (nSPS) is 42.4. The predicted octanol–water partition coefficient (Wildman–Crippen LogP) is 2.00. The van der Waals surface area contributed by atoms with Crippen LogP contribution in [0.25, 0.3) is 0 Å². The molecule has 2 aliphatic heterocycles. The van der Waals surface area contributed by atoms with Crippen LogP contribution in [0.15, 0.2) is 0 Å². The molecule has 0 spiro atoms. The van der Waals surface area contributed by atoms with Crippen molar-refractivity contribution in [3.8, 4) is 0 Å². The molecule has 1 aliphatic carbocycles. The van der Waals surface area contributed by atoms with Crippen molar-refractivity contribution in [1.82, 2.24) is 5.32 Å². The molecule has 3 rings (SSSR count). The lowest BCUT2D eigenvalue weighted by Crippen LogP contribution is -2.58. The summed E-state index contributed by atoms with van der Waals surface area (Å²) in [6.45, 7) is 0.939. The average Bonchev–Trinajstić information content (AvgIpc) is 3.10. The van der Waals surface area contributed by atoms with Gasteiger partial charge < -0.3 is 10.1 Å². The summed E-state index contributed by atoms with van der Waals surface area (Å²) in [7, 11) is 0. The van der Waals surface area contributed by atoms with E-state index in [0.29, 0.717) is 6.10 Å². The number of ether oxygens (including phenoxy) is 1. The summed E-state index contributed by atoms with van der Waals surface area (Å²) >= 11 is 0. The van der Waals surface area contributed by atoms with Gasteiger partial charge in [-0.2, -0.15) is 0 Å². The van der Waals surface area contributed by atoms with Crippen LogP contribution >= 0.6 is 0 Å². The highest BCUT2D eigenvalue weighted by molar-refractivity contribution is 5.77. The molecular formula is C13H21NO2. The highest BCUT2D eigenvalue weighted by Gasteiger charge is 2.45. The zero-order valence-electron chi connectivity index (χ0n) is 9.84. The number of epoxide rings is 1. The van der Waals surface area contributed by atoms with E-state index in [9.17, 15) is 4.79 Å². The van der Waals surface area contributed by atoms with Gasteiger partial charge in [0.15, 0.2) is 0 Å². The Hall–Kier alpha value is -0.570. The second-order valence-corrected chi connectivity index (χ2v) is 5.68. The first-order valence-electron chi connectivity index (χ1n) is 6.71. The Labute approximate surface area is 96.9 Å². The van der Waals surface area contributed by atoms with E-state index in [1.54, 1.807) is 0 Å². The van der Waals surface area contributed by atoms with Crippen LogP contribution in [-0.2, 0) is 9.53 Å². The van der Waals surface area contributed by atoms with Gasteiger partial charge in [0.25, 0.3) is 0 Å². The molecule has 0 aromatic heterocycles. The van der Waals surface area contributed by atoms with E-state index < -0.39 is 0 Å². The number of hydrogen-bond acceptors (Lipinski definition) is 2. The molecule has 0 radical (unpaired) electrons. The maximum absolute atomic E-state index is 11.6. The maximum Gasteiger partial charge on any atom is 0.220 e. The molecule has 0 bridgehead atoms. The van der Waals surface area contributed by atoms with E-state index in [2.05, 4.69) is 5.32 Å². The van der Waals surface area contributed by atoms with Crippen LogP contribution in [0.1, 0.15) is 51.4 Å². The van der Waals surface area contributed by atoms with Gasteiger partial charge >= 0.3 is 0 Å². The lowest BCUT2D eigenvalue weighted by Gasteiger charge is -2.48. The minimum Gasteiger partial charge on any atom is -0.373 e. The second-order valence-electron chi connectivity index (χ2n) is 5.68. The van der Waals surface area contributed by atoms with Crippen molar-refractivity contribution >= 4 is 5.91 Å². The number of carbonyl (C=O) groups excluding carboxylic acids is 1. The molecule has 1 N–H and O–H groups in total. The van der Waals surface area contributed by atoms with Gasteiger partial charge in [0.1, 0.15) is 0 Å². The van der Waals surface area contributed by atoms with Gasteiger partial charge in [-0.3, -0.25) is 4.79 Å². The quantitative estimate of drug-likeness (QED) is 0.744. The first-order chi connectivity index (χ1) is 7.78. The van der Waals surface area contributed by atoms with Gasteiger partial charge in [-0.05, 0) is 38.0 Å². The smallest absolute Gasteiger partial charge is 0.220 e. The minimum absolute atomic E-state index is 0.138. The fourth-order valence-electron chi connectivity index (χ4n) is 3.59. The average molecular weight is 223 g/mol. The largest absolute Gasteiger partial charge is 0.373 e. The molecule has 90 valence electrons. The summed E-state index contributed by atoms with van der Waals surface area (Å²) < 4.78 is 5.29. The Bertz CT molecular complexity index is 288. The number of rotatable bonds is 3. The minimum atomic E-state index is 0.138. The highest BCUT2D eigenvalue weighted by atomic mass is 16.6. The van der Waals surface area contributed by atoms with Crippen LogP contribution < -0.4 is 5.32 Å². The van der Waals surface area contributed by atoms with Crippen LogP contribution in [0, 0.1) is 5.92 Å². The fraction of sp³-hybridized carbons (Fsp3) is 0.923. The standard InChI is InChI=1S/C13H21NO2/c15-12-5-4-10-3-1-2-7-13(10,14-12)8-6-11-9-16-11/h10-11H,1-9H2,(H,14,15)/t10-,11-,13+/m0/s1. The number of amides is 1. The molecule has 3 nitrogen and oxygen atoms in total. The van der Waals surface area contributed by atoms with E-state index in [-0.39, 0.29) is 11.4 Å². The van der Waals surface area contributed by atoms with Gasteiger partial charge in [0.2, 0.25) is 5.91 Å². The van der Waals surface area contributed by atoms with Crippen LogP contribution in [0.3, 0.4) is 0 Å². The van der Waals surface area contributed by atoms with Gasteiger partial charge in [0.05, 0.1) is 12.7 Å². The molecule has 1 amide bonds. The summed E-state index contributed by atoms with van der Waals surface area (Å²) in [5.41, 5.74) is 0.138. The molecule has 3 fully saturated rings. The topological polar surface area (TPSA) is 41.6 Å². The third-order valence-corrected chi connectivity index (χ3v) is 4.63. The molecule has 2 saturated heterocycles. The van der Waals surface area contributed by atoms with Crippen molar-refractivity contribution in [3.63, 3.8) is 0 Å². The number of fused-ring (bicyclic) bond motifs is 1. The van der Waals surface area contributed by atoms with E-state index in [4.69, 9.17) is 4.74 Å². The van der Waals surface area contributed by atoms with Crippen molar-refractivity contribution in [2.45, 2.75) is 63.0 Å². The van der Waals surface area contributed by atoms with Crippen LogP contribution in [0.2, 0.25) is 0 Å². The molecular weight excluding hydrogens is 202 g/mol. The van der Waals surface area contributed by atoms with E-state index in [1.165, 1.54) is 25.7 Å². The summed E-state index contributed by atoms with van der Waals surface area (Å²) in [5, 5.41) is 3.32. The van der Waals surface area contributed by atoms with Crippen molar-refractivity contribution in [1.29, 1.82) is 0 Å². The Morgan fingerprint density at radius 3 is 3.06 bits per heavy atom. The zero-order chi connectivity index (χ0) is 11.0. The SMILES string of the molecule is O=C1CC[C@@H]2CCCC[C@]2(CC[C@H]2CO2)N1. The number of carbonyl (C=O) groups is 1. The van der Waals surface area contributed by atoms with E-state index in [1.807, 2.05) is 0 Å². The lowest BCUT2D eigenvalue weighted by molar-refractivity contribution is -0.128. The third kappa shape index (κ3) is 1.97. The molecule has 0 aromatic carbocycles. The Kier molecular flexibility index (Phi) is 2.66. The fourth-order valence-corrected chi connectivity index (χ4v) is 3.59. The molecule has 3 aliphatic rings. The molecule has 0 unspecified atom stereocenters. The van der Waals surface area contributed by atoms with Crippen molar-refractivity contribution in [3.05, 3.63) is 0 Å². The van der Waals surface area contributed by atoms with Gasteiger partial charge in [-0.15, -0.1) is 0 Å². The maximum atomic E-state index is 11.6. The zero-order valence-corrected chi connectivity index (χ0v) is 9.84. The van der Waals surface area contributed by atoms with E-state index in [0.717, 1.165) is 38.2 Å². The third-order valence-electron chi connectivity index (χ3n) is 4.63. The summed E-state index contributed by atoms with van der Waals surface area (Å²) in [5.74, 6) is 1.01. The van der Waals surface area contributed by atoms with Gasteiger partial charge in [-0.25, -0.2) is 0 Å². The molecule has 16 heavy (non-hydrogen) atoms. The van der Waals surface area contributed by atoms with Crippen molar-refractivity contribution < 1.29 is 9.53 Å². The number of hydrogen-bond donors (Lipinski definition) is 1. The van der Waals surface area contributed by atoms with Gasteiger partial charge in [-0.1, -0.05) is 12.8 Å². The lowest BCUT2D eigenvalue weighted by atomic mass is 9.66. The Morgan fingerprint density at radius 2 is 2.25 bits per heavy atom. The predicted molar refractivity (Wildman–Crippen MR) is 61.0 cm³/mol. The first-order valence-corrected chi connectivity index (χ1v) is 6.71. The number of nitrogens with one attached hydrogen (secondary N) is 1. The summed E-state index contributed by atoms with van der Waals surface area (Å²) in [6, 6.07) is 0. The summed E-state index contributed by atoms with van der Waals surface area (Å²) in [4.78, 5) is 11.6. The first kappa shape index (κ1) is 10.6. The number of piperidine rings is 1. The van der Waals surface area contributed by atoms with Crippen molar-refractivity contribution in [2.24, 2.45) is 5.92 Å². The Morgan fingerprint density at radius 1 is 1.38 bits per heavy atom. The molecule has 1 saturated carbocycles. The molecule has 3 atom stereocenters. The Balaban J connectivity index is 1.70. The van der Waals surface area contributed by atoms with Gasteiger partial charge in [0, 0.05) is 12.0 Å². The second kappa shape index (κ2) is 4.02. The van der Waals surface area contributed by atoms with Crippen molar-refractivity contribution in [2.75, 3.05) is 6.61 Å². The molecule has 3 heteroatoms. The monoisotopic (exact) mass is 223 g/mol. The molecule has 2 heterocycles. The molecule has 0 aromatic rings. The summed E-state index contributed by atoms with van der Waals surface area (Å²) in [6.07, 6.45) is 9.75. The van der Waals surface area contributed by atoms with Crippen LogP contribution in [0.4, 0.5) is 0 Å². The van der Waals surface area contributed by atoms with Crippen LogP contribution in [0.5, 0.6) is 0 Å². The van der Waals surface area contributed by atoms with Crippen LogP contribution in [-0.4, -0.2) is 24.2 Å². The van der Waals surface area contributed by atoms with E-state index >= 15 is 0 Å².